The Bertz CT molecular complexity index is 2150. The highest BCUT2D eigenvalue weighted by Crippen LogP contribution is 2.41. The first kappa shape index (κ1) is 37.4. The van der Waals surface area contributed by atoms with E-state index in [0.29, 0.717) is 18.5 Å². The molecule has 17 nitrogen and oxygen atoms in total. The lowest BCUT2D eigenvalue weighted by Crippen LogP contribution is -2.71. The second-order valence-electron chi connectivity index (χ2n) is 13.2. The van der Waals surface area contributed by atoms with Crippen LogP contribution in [0.25, 0.3) is 0 Å². The van der Waals surface area contributed by atoms with Gasteiger partial charge in [0.15, 0.2) is 29.1 Å². The minimum absolute atomic E-state index is 0.0553. The van der Waals surface area contributed by atoms with E-state index in [2.05, 4.69) is 25.1 Å². The van der Waals surface area contributed by atoms with Gasteiger partial charge in [-0.2, -0.15) is 13.9 Å². The number of nitrogen functional groups attached to an aromatic ring is 1. The maximum atomic E-state index is 13.6. The minimum Gasteiger partial charge on any atom is -0.543 e. The lowest BCUT2D eigenvalue weighted by Gasteiger charge is -2.50. The number of nitrogens with two attached hydrogens (primary N) is 1. The van der Waals surface area contributed by atoms with Crippen LogP contribution >= 0.6 is 23.3 Å². The molecule has 5 N–H and O–H groups in total. The second-order valence-corrected chi connectivity index (χ2v) is 15.1. The summed E-state index contributed by atoms with van der Waals surface area (Å²) in [4.78, 5) is 77.3. The molecule has 7 rings (SSSR count). The number of aromatic hydroxyl groups is 1. The number of oxime groups is 1. The molecule has 2 atom stereocenters. The smallest absolute Gasteiger partial charge is 0.290 e. The van der Waals surface area contributed by atoms with Crippen LogP contribution in [-0.2, 0) is 41.9 Å². The molecule has 5 heterocycles. The monoisotopic (exact) mass is 791 g/mol. The third-order valence-corrected chi connectivity index (χ3v) is 11.2. The molecule has 3 fully saturated rings. The van der Waals surface area contributed by atoms with Crippen LogP contribution in [0.15, 0.2) is 70.8 Å². The SMILES string of the molecule is Nc1nc(/C(=N/OC2CCCC2)C(=O)N[C@@H]2C(=O)N3C(C(=O)[O-])=C(C=C4CCN(Cc5cc[n+](CC(=O)Nc6ccc(O)c(F)c6)cc5)C4=O)CS[C@H]23)ns1. The number of benzene rings is 1. The van der Waals surface area contributed by atoms with Gasteiger partial charge in [-0.15, -0.1) is 11.8 Å². The lowest BCUT2D eigenvalue weighted by molar-refractivity contribution is -0.684. The quantitative estimate of drug-likeness (QED) is 0.0485. The topological polar surface area (TPSA) is 236 Å². The summed E-state index contributed by atoms with van der Waals surface area (Å²) >= 11 is 2.10. The standard InChI is InChI=1S/C35H34FN9O8S2/c36-23-14-21(5-6-24(23)46)38-25(47)16-43-10-7-18(8-11-43)15-44-12-9-19(31(44)49)13-20-17-54-33-27(32(50)45(33)28(20)34(51)52)39-30(48)26(29-40-35(37)55-42-29)41-53-22-3-1-2-4-22/h5-8,10-11,13-14,22,27,33H,1-4,9,12,15-17H2,(H5-,37,38,39,40,41,42,46,47,48,51,52)/t27-,33-/m1/s1. The highest BCUT2D eigenvalue weighted by atomic mass is 32.2. The number of rotatable bonds is 12. The summed E-state index contributed by atoms with van der Waals surface area (Å²) in [5.41, 5.74) is 6.71. The molecule has 20 heteroatoms. The zero-order valence-corrected chi connectivity index (χ0v) is 30.6. The Kier molecular flexibility index (Phi) is 10.8. The summed E-state index contributed by atoms with van der Waals surface area (Å²) in [5, 5.41) is 30.3. The van der Waals surface area contributed by atoms with E-state index in [0.717, 1.165) is 59.8 Å². The number of fused-ring (bicyclic) bond motifs is 1. The summed E-state index contributed by atoms with van der Waals surface area (Å²) in [7, 11) is 0. The first-order valence-corrected chi connectivity index (χ1v) is 19.1. The van der Waals surface area contributed by atoms with Crippen LogP contribution in [0.5, 0.6) is 5.75 Å². The van der Waals surface area contributed by atoms with Gasteiger partial charge in [0.2, 0.25) is 24.0 Å². The number of carboxylic acids is 1. The molecular formula is C35H34FN9O8S2. The number of nitrogens with zero attached hydrogens (tertiary/aromatic N) is 6. The first-order chi connectivity index (χ1) is 26.4. The number of phenolic OH excluding ortho intramolecular Hbond substituents is 1. The van der Waals surface area contributed by atoms with Crippen LogP contribution in [0.4, 0.5) is 15.2 Å². The van der Waals surface area contributed by atoms with Crippen molar-refractivity contribution >= 4 is 69.4 Å². The van der Waals surface area contributed by atoms with E-state index in [1.807, 2.05) is 0 Å². The van der Waals surface area contributed by atoms with Gasteiger partial charge in [-0.3, -0.25) is 24.1 Å². The van der Waals surface area contributed by atoms with E-state index in [1.165, 1.54) is 23.9 Å². The average molecular weight is 792 g/mol. The number of carboxylic acid groups (broad SMARTS) is 1. The number of phenols is 1. The largest absolute Gasteiger partial charge is 0.543 e. The van der Waals surface area contributed by atoms with Crippen LogP contribution < -0.4 is 26.0 Å². The van der Waals surface area contributed by atoms with Crippen LogP contribution in [0.1, 0.15) is 43.5 Å². The number of amides is 4. The Morgan fingerprint density at radius 1 is 1.18 bits per heavy atom. The summed E-state index contributed by atoms with van der Waals surface area (Å²) in [6.07, 6.45) is 8.53. The van der Waals surface area contributed by atoms with Gasteiger partial charge in [0.05, 0.1) is 11.7 Å². The summed E-state index contributed by atoms with van der Waals surface area (Å²) in [6, 6.07) is 5.95. The lowest BCUT2D eigenvalue weighted by atomic mass is 10.0. The van der Waals surface area contributed by atoms with Gasteiger partial charge in [-0.25, -0.2) is 4.39 Å². The fraction of sp³-hybridized carbons (Fsp3) is 0.343. The fourth-order valence-corrected chi connectivity index (χ4v) is 8.36. The molecule has 286 valence electrons. The number of allylic oxidation sites excluding steroid dienone is 1. The molecule has 2 saturated heterocycles. The minimum atomic E-state index is -1.59. The van der Waals surface area contributed by atoms with Crippen molar-refractivity contribution in [3.05, 3.63) is 82.8 Å². The molecule has 4 amide bonds. The van der Waals surface area contributed by atoms with E-state index < -0.39 is 46.7 Å². The van der Waals surface area contributed by atoms with Crippen molar-refractivity contribution in [3.8, 4) is 5.75 Å². The summed E-state index contributed by atoms with van der Waals surface area (Å²) < 4.78 is 19.3. The Morgan fingerprint density at radius 3 is 2.64 bits per heavy atom. The molecule has 55 heavy (non-hydrogen) atoms. The van der Waals surface area contributed by atoms with Gasteiger partial charge in [0.1, 0.15) is 17.5 Å². The molecule has 1 aromatic carbocycles. The number of likely N-dealkylation sites (tertiary alicyclic amines) is 1. The highest BCUT2D eigenvalue weighted by Gasteiger charge is 2.53. The van der Waals surface area contributed by atoms with Crippen LogP contribution in [0.2, 0.25) is 0 Å². The number of aliphatic carboxylic acids is 1. The van der Waals surface area contributed by atoms with Gasteiger partial charge < -0.3 is 41.1 Å². The van der Waals surface area contributed by atoms with Crippen LogP contribution in [-0.4, -0.2) is 89.4 Å². The van der Waals surface area contributed by atoms with E-state index >= 15 is 0 Å². The number of thioether (sulfide) groups is 1. The molecule has 1 saturated carbocycles. The molecule has 1 aliphatic carbocycles. The predicted molar refractivity (Wildman–Crippen MR) is 193 cm³/mol. The molecule has 0 radical (unpaired) electrons. The van der Waals surface area contributed by atoms with E-state index in [1.54, 1.807) is 34.0 Å². The Balaban J connectivity index is 0.977. The number of carbonyl (C=O) groups excluding carboxylic acids is 5. The number of carbonyl (C=O) groups is 5. The third-order valence-electron chi connectivity index (χ3n) is 9.39. The summed E-state index contributed by atoms with van der Waals surface area (Å²) in [6.45, 7) is 0.564. The number of pyridine rings is 1. The highest BCUT2D eigenvalue weighted by molar-refractivity contribution is 8.00. The molecule has 2 aromatic heterocycles. The summed E-state index contributed by atoms with van der Waals surface area (Å²) in [5.74, 6) is -5.05. The normalized spacial score (nSPS) is 20.8. The number of nitrogens with one attached hydrogen (secondary N) is 2. The average Bonchev–Trinajstić information content (AvgIpc) is 3.92. The number of hydrogen-bond acceptors (Lipinski definition) is 14. The van der Waals surface area contributed by atoms with E-state index in [9.17, 15) is 38.6 Å². The number of hydrogen-bond donors (Lipinski definition) is 4. The number of anilines is 2. The fourth-order valence-electron chi connectivity index (χ4n) is 6.62. The molecule has 0 bridgehead atoms. The number of halogens is 1. The number of β-lactam (4-membered cyclic amide) rings is 1. The van der Waals surface area contributed by atoms with Crippen LogP contribution in [0.3, 0.4) is 0 Å². The zero-order valence-electron chi connectivity index (χ0n) is 29.0. The van der Waals surface area contributed by atoms with Crippen molar-refractivity contribution in [2.24, 2.45) is 5.16 Å². The second kappa shape index (κ2) is 15.8. The maximum absolute atomic E-state index is 13.6. The Morgan fingerprint density at radius 2 is 1.95 bits per heavy atom. The van der Waals surface area contributed by atoms with Crippen molar-refractivity contribution in [1.82, 2.24) is 24.5 Å². The Hall–Kier alpha value is -5.89. The predicted octanol–water partition coefficient (Wildman–Crippen LogP) is 0.317. The van der Waals surface area contributed by atoms with Crippen LogP contribution in [0, 0.1) is 5.82 Å². The molecular weight excluding hydrogens is 758 g/mol. The first-order valence-electron chi connectivity index (χ1n) is 17.2. The van der Waals surface area contributed by atoms with Crippen molar-refractivity contribution in [3.63, 3.8) is 0 Å². The van der Waals surface area contributed by atoms with E-state index in [-0.39, 0.29) is 64.5 Å². The molecule has 3 aliphatic heterocycles. The Labute approximate surface area is 320 Å². The molecule has 4 aliphatic rings. The van der Waals surface area contributed by atoms with Gasteiger partial charge in [-0.1, -0.05) is 5.16 Å². The molecule has 0 spiro atoms. The molecule has 0 unspecified atom stereocenters. The van der Waals surface area contributed by atoms with Gasteiger partial charge >= 0.3 is 0 Å². The van der Waals surface area contributed by atoms with Gasteiger partial charge in [0.25, 0.3) is 17.7 Å². The molecule has 3 aromatic rings. The van der Waals surface area contributed by atoms with E-state index in [4.69, 9.17) is 10.6 Å². The zero-order chi connectivity index (χ0) is 38.8. The van der Waals surface area contributed by atoms with Crippen molar-refractivity contribution in [2.45, 2.75) is 62.7 Å². The van der Waals surface area contributed by atoms with Crippen molar-refractivity contribution in [2.75, 3.05) is 23.3 Å². The van der Waals surface area contributed by atoms with Crippen molar-refractivity contribution in [1.29, 1.82) is 0 Å². The van der Waals surface area contributed by atoms with Gasteiger partial charge in [0, 0.05) is 59.8 Å². The van der Waals surface area contributed by atoms with Gasteiger partial charge in [-0.05, 0) is 61.4 Å². The van der Waals surface area contributed by atoms with Crippen molar-refractivity contribution < 1.29 is 48.0 Å². The maximum Gasteiger partial charge on any atom is 0.290 e. The third kappa shape index (κ3) is 8.14. The number of aromatic nitrogens is 3.